The lowest BCUT2D eigenvalue weighted by molar-refractivity contribution is 0.0972. The summed E-state index contributed by atoms with van der Waals surface area (Å²) < 4.78 is 16.0. The minimum atomic E-state index is -0.0736. The monoisotopic (exact) mass is 297 g/mol. The Bertz CT molecular complexity index is 756. The van der Waals surface area contributed by atoms with Crippen molar-refractivity contribution in [1.29, 1.82) is 0 Å². The fourth-order valence-electron chi connectivity index (χ4n) is 2.89. The maximum atomic E-state index is 12.5. The van der Waals surface area contributed by atoms with E-state index >= 15 is 0 Å². The third kappa shape index (κ3) is 2.06. The number of anilines is 1. The molecule has 0 bridgehead atoms. The van der Waals surface area contributed by atoms with Gasteiger partial charge in [-0.05, 0) is 23.8 Å². The quantitative estimate of drug-likeness (QED) is 0.922. The topological polar surface area (TPSA) is 56.8 Å². The van der Waals surface area contributed by atoms with Gasteiger partial charge in [0.05, 0.1) is 13.2 Å². The first-order chi connectivity index (χ1) is 10.7. The lowest BCUT2D eigenvalue weighted by atomic mass is 9.92. The maximum absolute atomic E-state index is 12.5. The minimum Gasteiger partial charge on any atom is -0.497 e. The highest BCUT2D eigenvalue weighted by Gasteiger charge is 2.29. The van der Waals surface area contributed by atoms with Crippen LogP contribution in [0.1, 0.15) is 28.4 Å². The Morgan fingerprint density at radius 2 is 2.00 bits per heavy atom. The summed E-state index contributed by atoms with van der Waals surface area (Å²) in [6, 6.07) is 11.3. The van der Waals surface area contributed by atoms with Crippen LogP contribution in [0.25, 0.3) is 0 Å². The van der Waals surface area contributed by atoms with Crippen molar-refractivity contribution in [2.75, 3.05) is 19.2 Å². The highest BCUT2D eigenvalue weighted by atomic mass is 16.7. The van der Waals surface area contributed by atoms with Crippen molar-refractivity contribution in [2.24, 2.45) is 0 Å². The fraction of sp³-hybridized carbons (Fsp3) is 0.235. The average Bonchev–Trinajstić information content (AvgIpc) is 3.00. The number of carbonyl (C=O) groups is 1. The van der Waals surface area contributed by atoms with Crippen molar-refractivity contribution in [2.45, 2.75) is 12.5 Å². The highest BCUT2D eigenvalue weighted by molar-refractivity contribution is 6.04. The lowest BCUT2D eigenvalue weighted by Gasteiger charge is -2.27. The van der Waals surface area contributed by atoms with Crippen molar-refractivity contribution in [3.05, 3.63) is 47.5 Å². The minimum absolute atomic E-state index is 0.0736. The Labute approximate surface area is 127 Å². The zero-order valence-corrected chi connectivity index (χ0v) is 12.1. The zero-order chi connectivity index (χ0) is 15.1. The Balaban J connectivity index is 1.70. The van der Waals surface area contributed by atoms with Crippen LogP contribution in [0.5, 0.6) is 17.2 Å². The second-order valence-corrected chi connectivity index (χ2v) is 5.35. The molecular weight excluding hydrogens is 282 g/mol. The normalized spacial score (nSPS) is 18.6. The van der Waals surface area contributed by atoms with Crippen LogP contribution in [-0.4, -0.2) is 19.7 Å². The van der Waals surface area contributed by atoms with E-state index in [2.05, 4.69) is 5.32 Å². The van der Waals surface area contributed by atoms with Gasteiger partial charge in [-0.15, -0.1) is 0 Å². The van der Waals surface area contributed by atoms with E-state index in [-0.39, 0.29) is 18.6 Å². The molecule has 0 amide bonds. The number of nitrogens with one attached hydrogen (secondary N) is 1. The number of carbonyl (C=O) groups excluding carboxylic acids is 1. The molecule has 0 saturated heterocycles. The van der Waals surface area contributed by atoms with E-state index < -0.39 is 0 Å². The van der Waals surface area contributed by atoms with Crippen LogP contribution in [0, 0.1) is 0 Å². The summed E-state index contributed by atoms with van der Waals surface area (Å²) >= 11 is 0. The number of ketones is 1. The van der Waals surface area contributed by atoms with Crippen LogP contribution < -0.4 is 19.5 Å². The molecule has 0 saturated carbocycles. The molecule has 0 fully saturated rings. The number of hydrogen-bond donors (Lipinski definition) is 1. The van der Waals surface area contributed by atoms with Crippen molar-refractivity contribution >= 4 is 11.5 Å². The number of ether oxygens (including phenoxy) is 3. The van der Waals surface area contributed by atoms with Crippen LogP contribution in [-0.2, 0) is 0 Å². The molecule has 22 heavy (non-hydrogen) atoms. The first-order valence-corrected chi connectivity index (χ1v) is 7.12. The summed E-state index contributed by atoms with van der Waals surface area (Å²) in [5, 5.41) is 3.41. The van der Waals surface area contributed by atoms with Gasteiger partial charge in [0, 0.05) is 23.7 Å². The van der Waals surface area contributed by atoms with E-state index in [1.165, 1.54) is 0 Å². The SMILES string of the molecule is COc1cccc([C@H]2CC(=O)c3cc4c(cc3N2)OCO4)c1. The van der Waals surface area contributed by atoms with Crippen molar-refractivity contribution < 1.29 is 19.0 Å². The van der Waals surface area contributed by atoms with Gasteiger partial charge in [0.2, 0.25) is 6.79 Å². The summed E-state index contributed by atoms with van der Waals surface area (Å²) in [6.45, 7) is 0.200. The number of fused-ring (bicyclic) bond motifs is 2. The van der Waals surface area contributed by atoms with Crippen LogP contribution in [0.3, 0.4) is 0 Å². The second-order valence-electron chi connectivity index (χ2n) is 5.35. The number of rotatable bonds is 2. The van der Waals surface area contributed by atoms with Gasteiger partial charge in [0.15, 0.2) is 17.3 Å². The smallest absolute Gasteiger partial charge is 0.231 e. The second kappa shape index (κ2) is 4.94. The number of hydrogen-bond acceptors (Lipinski definition) is 5. The number of methoxy groups -OCH3 is 1. The Kier molecular flexibility index (Phi) is 2.92. The summed E-state index contributed by atoms with van der Waals surface area (Å²) in [6.07, 6.45) is 0.403. The van der Waals surface area contributed by atoms with E-state index in [9.17, 15) is 4.79 Å². The zero-order valence-electron chi connectivity index (χ0n) is 12.1. The van der Waals surface area contributed by atoms with Gasteiger partial charge in [0.1, 0.15) is 5.75 Å². The fourth-order valence-corrected chi connectivity index (χ4v) is 2.89. The average molecular weight is 297 g/mol. The Morgan fingerprint density at radius 1 is 1.18 bits per heavy atom. The molecule has 0 radical (unpaired) electrons. The molecule has 2 aromatic carbocycles. The summed E-state index contributed by atoms with van der Waals surface area (Å²) in [4.78, 5) is 12.5. The summed E-state index contributed by atoms with van der Waals surface area (Å²) in [5.74, 6) is 2.18. The Morgan fingerprint density at radius 3 is 2.82 bits per heavy atom. The lowest BCUT2D eigenvalue weighted by Crippen LogP contribution is -2.22. The van der Waals surface area contributed by atoms with Crippen molar-refractivity contribution in [1.82, 2.24) is 0 Å². The van der Waals surface area contributed by atoms with Crippen LogP contribution in [0.15, 0.2) is 36.4 Å². The molecule has 0 aliphatic carbocycles. The van der Waals surface area contributed by atoms with E-state index in [0.29, 0.717) is 23.5 Å². The van der Waals surface area contributed by atoms with Gasteiger partial charge in [-0.1, -0.05) is 12.1 Å². The number of Topliss-reactive ketones (excluding diaryl/α,β-unsaturated/α-hetero) is 1. The van der Waals surface area contributed by atoms with Crippen molar-refractivity contribution in [3.8, 4) is 17.2 Å². The molecular formula is C17H15NO4. The highest BCUT2D eigenvalue weighted by Crippen LogP contribution is 2.41. The molecule has 112 valence electrons. The third-order valence-corrected chi connectivity index (χ3v) is 4.03. The van der Waals surface area contributed by atoms with Crippen LogP contribution in [0.2, 0.25) is 0 Å². The standard InChI is InChI=1S/C17H15NO4/c1-20-11-4-2-3-10(5-11)13-7-15(19)12-6-16-17(22-9-21-16)8-14(12)18-13/h2-6,8,13,18H,7,9H2,1H3/t13-/m1/s1. The van der Waals surface area contributed by atoms with Gasteiger partial charge >= 0.3 is 0 Å². The van der Waals surface area contributed by atoms with E-state index in [1.807, 2.05) is 30.3 Å². The van der Waals surface area contributed by atoms with Crippen LogP contribution in [0.4, 0.5) is 5.69 Å². The van der Waals surface area contributed by atoms with E-state index in [0.717, 1.165) is 17.0 Å². The molecule has 2 aliphatic heterocycles. The predicted octanol–water partition coefficient (Wildman–Crippen LogP) is 3.16. The molecule has 2 aliphatic rings. The maximum Gasteiger partial charge on any atom is 0.231 e. The van der Waals surface area contributed by atoms with E-state index in [4.69, 9.17) is 14.2 Å². The first-order valence-electron chi connectivity index (χ1n) is 7.12. The Hall–Kier alpha value is -2.69. The molecule has 5 heteroatoms. The van der Waals surface area contributed by atoms with Gasteiger partial charge < -0.3 is 19.5 Å². The summed E-state index contributed by atoms with van der Waals surface area (Å²) in [7, 11) is 1.63. The molecule has 4 rings (SSSR count). The van der Waals surface area contributed by atoms with Gasteiger partial charge in [-0.2, -0.15) is 0 Å². The first kappa shape index (κ1) is 13.0. The predicted molar refractivity (Wildman–Crippen MR) is 80.9 cm³/mol. The molecule has 1 N–H and O–H groups in total. The number of benzene rings is 2. The van der Waals surface area contributed by atoms with E-state index in [1.54, 1.807) is 13.2 Å². The molecule has 1 atom stereocenters. The molecule has 2 aromatic rings. The molecule has 2 heterocycles. The molecule has 0 unspecified atom stereocenters. The summed E-state index contributed by atoms with van der Waals surface area (Å²) in [5.41, 5.74) is 2.47. The van der Waals surface area contributed by atoms with Crippen molar-refractivity contribution in [3.63, 3.8) is 0 Å². The third-order valence-electron chi connectivity index (χ3n) is 4.03. The van der Waals surface area contributed by atoms with Gasteiger partial charge in [-0.3, -0.25) is 4.79 Å². The van der Waals surface area contributed by atoms with Gasteiger partial charge in [0.25, 0.3) is 0 Å². The molecule has 0 spiro atoms. The largest absolute Gasteiger partial charge is 0.497 e. The van der Waals surface area contributed by atoms with Crippen LogP contribution >= 0.6 is 0 Å². The molecule has 0 aromatic heterocycles. The van der Waals surface area contributed by atoms with Gasteiger partial charge in [-0.25, -0.2) is 0 Å². The molecule has 5 nitrogen and oxygen atoms in total.